The lowest BCUT2D eigenvalue weighted by Gasteiger charge is -2.28. The van der Waals surface area contributed by atoms with Crippen molar-refractivity contribution < 1.29 is 14.3 Å². The van der Waals surface area contributed by atoms with Crippen LogP contribution in [0.5, 0.6) is 0 Å². The zero-order valence-corrected chi connectivity index (χ0v) is 14.0. The molecule has 0 aliphatic heterocycles. The number of nitrogens with two attached hydrogens (primary N) is 1. The van der Waals surface area contributed by atoms with Gasteiger partial charge in [0.2, 0.25) is 11.8 Å². The van der Waals surface area contributed by atoms with Gasteiger partial charge in [-0.25, -0.2) is 0 Å². The molecule has 0 heterocycles. The lowest BCUT2D eigenvalue weighted by atomic mass is 9.89. The summed E-state index contributed by atoms with van der Waals surface area (Å²) in [6.07, 6.45) is 2.48. The van der Waals surface area contributed by atoms with Crippen molar-refractivity contribution >= 4 is 11.8 Å². The third kappa shape index (κ3) is 8.67. The van der Waals surface area contributed by atoms with Gasteiger partial charge < -0.3 is 21.1 Å². The highest BCUT2D eigenvalue weighted by Gasteiger charge is 2.28. The Labute approximate surface area is 128 Å². The molecule has 21 heavy (non-hydrogen) atoms. The van der Waals surface area contributed by atoms with Crippen LogP contribution in [0.25, 0.3) is 0 Å². The van der Waals surface area contributed by atoms with Crippen LogP contribution in [0.4, 0.5) is 0 Å². The topological polar surface area (TPSA) is 93.5 Å². The van der Waals surface area contributed by atoms with Crippen molar-refractivity contribution in [1.82, 2.24) is 10.6 Å². The van der Waals surface area contributed by atoms with Crippen molar-refractivity contribution in [1.29, 1.82) is 0 Å². The molecule has 0 rings (SSSR count). The van der Waals surface area contributed by atoms with Crippen LogP contribution in [-0.4, -0.2) is 37.7 Å². The number of ether oxygens (including phenoxy) is 1. The number of nitrogens with one attached hydrogen (secondary N) is 2. The van der Waals surface area contributed by atoms with Crippen LogP contribution in [-0.2, 0) is 14.3 Å². The number of hydrogen-bond donors (Lipinski definition) is 3. The van der Waals surface area contributed by atoms with E-state index in [0.717, 1.165) is 6.42 Å². The van der Waals surface area contributed by atoms with Gasteiger partial charge in [0.1, 0.15) is 5.72 Å². The molecule has 6 nitrogen and oxygen atoms in total. The van der Waals surface area contributed by atoms with E-state index in [1.165, 1.54) is 0 Å². The molecule has 0 spiro atoms. The maximum atomic E-state index is 11.7. The first-order chi connectivity index (χ1) is 9.64. The Morgan fingerprint density at radius 3 is 2.33 bits per heavy atom. The highest BCUT2D eigenvalue weighted by Crippen LogP contribution is 2.21. The van der Waals surface area contributed by atoms with Crippen LogP contribution in [0, 0.1) is 5.41 Å². The molecule has 4 N–H and O–H groups in total. The minimum atomic E-state index is -0.807. The van der Waals surface area contributed by atoms with Crippen molar-refractivity contribution in [3.05, 3.63) is 0 Å². The maximum absolute atomic E-state index is 11.7. The third-order valence-electron chi connectivity index (χ3n) is 3.42. The summed E-state index contributed by atoms with van der Waals surface area (Å²) in [5.74, 6) is 0.0192. The van der Waals surface area contributed by atoms with Gasteiger partial charge in [-0.15, -0.1) is 0 Å². The average Bonchev–Trinajstić information content (AvgIpc) is 2.37. The van der Waals surface area contributed by atoms with Crippen LogP contribution >= 0.6 is 0 Å². The number of carbonyl (C=O) groups excluding carboxylic acids is 2. The van der Waals surface area contributed by atoms with Gasteiger partial charge in [-0.3, -0.25) is 9.59 Å². The van der Waals surface area contributed by atoms with E-state index < -0.39 is 11.1 Å². The van der Waals surface area contributed by atoms with Gasteiger partial charge in [0, 0.05) is 38.5 Å². The molecule has 6 heteroatoms. The van der Waals surface area contributed by atoms with Crippen LogP contribution in [0.2, 0.25) is 0 Å². The van der Waals surface area contributed by atoms with Gasteiger partial charge in [-0.05, 0) is 19.8 Å². The van der Waals surface area contributed by atoms with E-state index in [-0.39, 0.29) is 11.8 Å². The molecule has 0 bridgehead atoms. The summed E-state index contributed by atoms with van der Waals surface area (Å²) in [4.78, 5) is 23.0. The molecule has 0 saturated carbocycles. The quantitative estimate of drug-likeness (QED) is 0.528. The Morgan fingerprint density at radius 2 is 1.81 bits per heavy atom. The highest BCUT2D eigenvalue weighted by molar-refractivity contribution is 5.81. The van der Waals surface area contributed by atoms with E-state index in [9.17, 15) is 9.59 Å². The molecule has 0 aliphatic carbocycles. The maximum Gasteiger partial charge on any atom is 0.225 e. The van der Waals surface area contributed by atoms with Crippen molar-refractivity contribution in [3.8, 4) is 0 Å². The van der Waals surface area contributed by atoms with Gasteiger partial charge in [0.25, 0.3) is 0 Å². The molecule has 1 atom stereocenters. The predicted octanol–water partition coefficient (Wildman–Crippen LogP) is 1.15. The molecule has 0 radical (unpaired) electrons. The van der Waals surface area contributed by atoms with Crippen LogP contribution in [0.3, 0.4) is 0 Å². The first-order valence-corrected chi connectivity index (χ1v) is 7.56. The summed E-state index contributed by atoms with van der Waals surface area (Å²) in [7, 11) is 1.62. The summed E-state index contributed by atoms with van der Waals surface area (Å²) in [6.45, 7) is 8.37. The largest absolute Gasteiger partial charge is 0.361 e. The first-order valence-electron chi connectivity index (χ1n) is 7.56. The van der Waals surface area contributed by atoms with Crippen molar-refractivity contribution in [2.24, 2.45) is 11.1 Å². The SMILES string of the molecule is CCCC(=O)NCCC(C)(N)OCCC(C)(C)C(=O)NC. The summed E-state index contributed by atoms with van der Waals surface area (Å²) >= 11 is 0. The zero-order valence-electron chi connectivity index (χ0n) is 14.0. The Kier molecular flexibility index (Phi) is 8.51. The van der Waals surface area contributed by atoms with Gasteiger partial charge in [0.15, 0.2) is 0 Å². The van der Waals surface area contributed by atoms with Crippen LogP contribution in [0.1, 0.15) is 53.4 Å². The van der Waals surface area contributed by atoms with Gasteiger partial charge in [-0.1, -0.05) is 20.8 Å². The fourth-order valence-electron chi connectivity index (χ4n) is 1.83. The minimum Gasteiger partial charge on any atom is -0.361 e. The van der Waals surface area contributed by atoms with E-state index in [2.05, 4.69) is 10.6 Å². The molecule has 124 valence electrons. The van der Waals surface area contributed by atoms with Crippen LogP contribution < -0.4 is 16.4 Å². The standard InChI is InChI=1S/C15H31N3O3/c1-6-7-12(19)18-10-8-15(4,16)21-11-9-14(2,3)13(20)17-5/h6-11,16H2,1-5H3,(H,17,20)(H,18,19). The van der Waals surface area contributed by atoms with Crippen LogP contribution in [0.15, 0.2) is 0 Å². The van der Waals surface area contributed by atoms with Gasteiger partial charge in [0.05, 0.1) is 0 Å². The molecule has 2 amide bonds. The zero-order chi connectivity index (χ0) is 16.5. The average molecular weight is 301 g/mol. The van der Waals surface area contributed by atoms with E-state index in [0.29, 0.717) is 32.4 Å². The summed E-state index contributed by atoms with van der Waals surface area (Å²) < 4.78 is 5.65. The van der Waals surface area contributed by atoms with E-state index >= 15 is 0 Å². The smallest absolute Gasteiger partial charge is 0.225 e. The minimum absolute atomic E-state index is 0.0170. The molecular weight excluding hydrogens is 270 g/mol. The Balaban J connectivity index is 4.02. The van der Waals surface area contributed by atoms with E-state index in [1.807, 2.05) is 20.8 Å². The second-order valence-corrected chi connectivity index (χ2v) is 6.22. The van der Waals surface area contributed by atoms with Gasteiger partial charge in [-0.2, -0.15) is 0 Å². The first kappa shape index (κ1) is 19.9. The number of hydrogen-bond acceptors (Lipinski definition) is 4. The predicted molar refractivity (Wildman–Crippen MR) is 83.5 cm³/mol. The number of carbonyl (C=O) groups is 2. The van der Waals surface area contributed by atoms with Crippen molar-refractivity contribution in [3.63, 3.8) is 0 Å². The monoisotopic (exact) mass is 301 g/mol. The fourth-order valence-corrected chi connectivity index (χ4v) is 1.83. The highest BCUT2D eigenvalue weighted by atomic mass is 16.5. The molecule has 0 saturated heterocycles. The fraction of sp³-hybridized carbons (Fsp3) is 0.867. The number of rotatable bonds is 10. The van der Waals surface area contributed by atoms with Crippen molar-refractivity contribution in [2.75, 3.05) is 20.2 Å². The lowest BCUT2D eigenvalue weighted by molar-refractivity contribution is -0.131. The Hall–Kier alpha value is -1.14. The molecule has 0 aromatic carbocycles. The van der Waals surface area contributed by atoms with E-state index in [4.69, 9.17) is 10.5 Å². The molecule has 0 aromatic rings. The number of amides is 2. The molecule has 0 fully saturated rings. The third-order valence-corrected chi connectivity index (χ3v) is 3.42. The normalized spacial score (nSPS) is 14.4. The van der Waals surface area contributed by atoms with Crippen molar-refractivity contribution in [2.45, 2.75) is 59.1 Å². The summed E-state index contributed by atoms with van der Waals surface area (Å²) in [5.41, 5.74) is 4.75. The lowest BCUT2D eigenvalue weighted by Crippen LogP contribution is -2.44. The summed E-state index contributed by atoms with van der Waals surface area (Å²) in [5, 5.41) is 5.45. The Bertz CT molecular complexity index is 341. The molecule has 0 aliphatic rings. The van der Waals surface area contributed by atoms with Gasteiger partial charge >= 0.3 is 0 Å². The second-order valence-electron chi connectivity index (χ2n) is 6.22. The van der Waals surface area contributed by atoms with E-state index in [1.54, 1.807) is 14.0 Å². The molecular formula is C15H31N3O3. The second kappa shape index (κ2) is 9.00. The molecule has 1 unspecified atom stereocenters. The Morgan fingerprint density at radius 1 is 1.19 bits per heavy atom. The summed E-state index contributed by atoms with van der Waals surface area (Å²) in [6, 6.07) is 0. The molecule has 0 aromatic heterocycles.